The lowest BCUT2D eigenvalue weighted by Crippen LogP contribution is -2.41. The van der Waals surface area contributed by atoms with Gasteiger partial charge in [-0.2, -0.15) is 0 Å². The minimum Gasteiger partial charge on any atom is -0.466 e. The second-order valence-corrected chi connectivity index (χ2v) is 3.15. The molecule has 0 aliphatic carbocycles. The average Bonchev–Trinajstić information content (AvgIpc) is 2.05. The number of esters is 1. The van der Waals surface area contributed by atoms with Crippen LogP contribution in [0.1, 0.15) is 33.6 Å². The lowest BCUT2D eigenvalue weighted by atomic mass is 9.95. The zero-order chi connectivity index (χ0) is 9.61. The quantitative estimate of drug-likeness (QED) is 0.637. The summed E-state index contributed by atoms with van der Waals surface area (Å²) in [6.45, 7) is 6.35. The van der Waals surface area contributed by atoms with Gasteiger partial charge in [0, 0.05) is 5.54 Å². The van der Waals surface area contributed by atoms with E-state index in [-0.39, 0.29) is 11.5 Å². The van der Waals surface area contributed by atoms with Crippen molar-refractivity contribution in [2.75, 3.05) is 13.7 Å². The Hall–Kier alpha value is -0.570. The number of carbonyl (C=O) groups excluding carboxylic acids is 1. The molecule has 0 spiro atoms. The molecule has 0 unspecified atom stereocenters. The molecule has 12 heavy (non-hydrogen) atoms. The van der Waals surface area contributed by atoms with Crippen LogP contribution in [0.15, 0.2) is 0 Å². The number of hydrogen-bond donors (Lipinski definition) is 1. The van der Waals surface area contributed by atoms with E-state index in [1.807, 2.05) is 20.9 Å². The van der Waals surface area contributed by atoms with Crippen molar-refractivity contribution in [1.29, 1.82) is 0 Å². The van der Waals surface area contributed by atoms with Gasteiger partial charge in [0.15, 0.2) is 0 Å². The molecule has 1 N–H and O–H groups in total. The van der Waals surface area contributed by atoms with Crippen LogP contribution < -0.4 is 5.32 Å². The average molecular weight is 173 g/mol. The minimum absolute atomic E-state index is 0.119. The Morgan fingerprint density at radius 2 is 2.08 bits per heavy atom. The summed E-state index contributed by atoms with van der Waals surface area (Å²) in [6.07, 6.45) is 1.36. The smallest absolute Gasteiger partial charge is 0.307 e. The molecule has 0 saturated carbocycles. The number of ether oxygens (including phenoxy) is 1. The molecule has 0 aliphatic rings. The van der Waals surface area contributed by atoms with E-state index in [1.165, 1.54) is 0 Å². The Labute approximate surface area is 74.5 Å². The summed E-state index contributed by atoms with van der Waals surface area (Å²) in [5.41, 5.74) is -0.119. The molecule has 0 saturated heterocycles. The standard InChI is InChI=1S/C9H19NO2/c1-5-9(3,10-4)7-8(11)12-6-2/h10H,5-7H2,1-4H3/t9-/m1/s1. The van der Waals surface area contributed by atoms with Gasteiger partial charge in [-0.15, -0.1) is 0 Å². The predicted molar refractivity (Wildman–Crippen MR) is 49.0 cm³/mol. The van der Waals surface area contributed by atoms with Gasteiger partial charge in [0.2, 0.25) is 0 Å². The van der Waals surface area contributed by atoms with Crippen LogP contribution in [-0.2, 0) is 9.53 Å². The van der Waals surface area contributed by atoms with E-state index in [1.54, 1.807) is 0 Å². The van der Waals surface area contributed by atoms with E-state index < -0.39 is 0 Å². The van der Waals surface area contributed by atoms with Gasteiger partial charge in [0.1, 0.15) is 0 Å². The third-order valence-electron chi connectivity index (χ3n) is 2.22. The maximum atomic E-state index is 11.1. The first-order valence-electron chi connectivity index (χ1n) is 4.42. The van der Waals surface area contributed by atoms with Crippen molar-refractivity contribution in [2.45, 2.75) is 39.2 Å². The largest absolute Gasteiger partial charge is 0.466 e. The molecule has 0 fully saturated rings. The Balaban J connectivity index is 3.93. The number of nitrogens with one attached hydrogen (secondary N) is 1. The van der Waals surface area contributed by atoms with Gasteiger partial charge in [0.05, 0.1) is 13.0 Å². The van der Waals surface area contributed by atoms with Crippen molar-refractivity contribution in [3.8, 4) is 0 Å². The molecule has 0 heterocycles. The highest BCUT2D eigenvalue weighted by atomic mass is 16.5. The van der Waals surface area contributed by atoms with Gasteiger partial charge in [0.25, 0.3) is 0 Å². The molecule has 3 nitrogen and oxygen atoms in total. The van der Waals surface area contributed by atoms with Crippen LogP contribution in [-0.4, -0.2) is 25.2 Å². The fourth-order valence-corrected chi connectivity index (χ4v) is 0.921. The molecule has 72 valence electrons. The van der Waals surface area contributed by atoms with Gasteiger partial charge in [-0.05, 0) is 27.3 Å². The summed E-state index contributed by atoms with van der Waals surface area (Å²) < 4.78 is 4.86. The van der Waals surface area contributed by atoms with Crippen molar-refractivity contribution in [3.05, 3.63) is 0 Å². The van der Waals surface area contributed by atoms with Crippen LogP contribution in [0.2, 0.25) is 0 Å². The fraction of sp³-hybridized carbons (Fsp3) is 0.889. The molecular formula is C9H19NO2. The normalized spacial score (nSPS) is 15.3. The molecule has 3 heteroatoms. The summed E-state index contributed by atoms with van der Waals surface area (Å²) in [5.74, 6) is -0.129. The highest BCUT2D eigenvalue weighted by molar-refractivity contribution is 5.70. The lowest BCUT2D eigenvalue weighted by molar-refractivity contribution is -0.144. The number of rotatable bonds is 5. The first kappa shape index (κ1) is 11.4. The molecule has 0 aromatic carbocycles. The van der Waals surface area contributed by atoms with Gasteiger partial charge in [-0.25, -0.2) is 0 Å². The maximum Gasteiger partial charge on any atom is 0.307 e. The lowest BCUT2D eigenvalue weighted by Gasteiger charge is -2.26. The van der Waals surface area contributed by atoms with Gasteiger partial charge < -0.3 is 10.1 Å². The topological polar surface area (TPSA) is 38.3 Å². The molecule has 0 bridgehead atoms. The SMILES string of the molecule is CCOC(=O)C[C@@](C)(CC)NC. The third-order valence-corrected chi connectivity index (χ3v) is 2.22. The van der Waals surface area contributed by atoms with Crippen LogP contribution >= 0.6 is 0 Å². The monoisotopic (exact) mass is 173 g/mol. The van der Waals surface area contributed by atoms with E-state index in [9.17, 15) is 4.79 Å². The van der Waals surface area contributed by atoms with E-state index in [0.29, 0.717) is 13.0 Å². The molecule has 0 aromatic rings. The fourth-order valence-electron chi connectivity index (χ4n) is 0.921. The van der Waals surface area contributed by atoms with E-state index in [2.05, 4.69) is 12.2 Å². The number of carbonyl (C=O) groups is 1. The highest BCUT2D eigenvalue weighted by Gasteiger charge is 2.23. The maximum absolute atomic E-state index is 11.1. The Morgan fingerprint density at radius 1 is 1.50 bits per heavy atom. The van der Waals surface area contributed by atoms with Crippen molar-refractivity contribution < 1.29 is 9.53 Å². The second kappa shape index (κ2) is 5.14. The summed E-state index contributed by atoms with van der Waals surface area (Å²) in [4.78, 5) is 11.1. The molecule has 0 radical (unpaired) electrons. The summed E-state index contributed by atoms with van der Waals surface area (Å²) in [6, 6.07) is 0. The predicted octanol–water partition coefficient (Wildman–Crippen LogP) is 1.33. The molecule has 0 rings (SSSR count). The first-order chi connectivity index (χ1) is 5.58. The second-order valence-electron chi connectivity index (χ2n) is 3.15. The zero-order valence-electron chi connectivity index (χ0n) is 8.44. The Morgan fingerprint density at radius 3 is 2.42 bits per heavy atom. The summed E-state index contributed by atoms with van der Waals surface area (Å²) in [7, 11) is 1.86. The highest BCUT2D eigenvalue weighted by Crippen LogP contribution is 2.13. The van der Waals surface area contributed by atoms with Gasteiger partial charge in [-0.3, -0.25) is 4.79 Å². The Bertz CT molecular complexity index is 141. The van der Waals surface area contributed by atoms with E-state index in [0.717, 1.165) is 6.42 Å². The van der Waals surface area contributed by atoms with Crippen molar-refractivity contribution in [2.24, 2.45) is 0 Å². The minimum atomic E-state index is -0.129. The van der Waals surface area contributed by atoms with Crippen LogP contribution in [0, 0.1) is 0 Å². The van der Waals surface area contributed by atoms with Crippen molar-refractivity contribution >= 4 is 5.97 Å². The molecular weight excluding hydrogens is 154 g/mol. The van der Waals surface area contributed by atoms with Gasteiger partial charge >= 0.3 is 5.97 Å². The summed E-state index contributed by atoms with van der Waals surface area (Å²) >= 11 is 0. The number of hydrogen-bond acceptors (Lipinski definition) is 3. The van der Waals surface area contributed by atoms with Crippen LogP contribution in [0.4, 0.5) is 0 Å². The molecule has 0 aromatic heterocycles. The van der Waals surface area contributed by atoms with Crippen LogP contribution in [0.3, 0.4) is 0 Å². The first-order valence-corrected chi connectivity index (χ1v) is 4.42. The molecule has 0 amide bonds. The molecule has 0 aliphatic heterocycles. The Kier molecular flexibility index (Phi) is 4.90. The van der Waals surface area contributed by atoms with E-state index >= 15 is 0 Å². The molecule has 1 atom stereocenters. The van der Waals surface area contributed by atoms with Gasteiger partial charge in [-0.1, -0.05) is 6.92 Å². The summed E-state index contributed by atoms with van der Waals surface area (Å²) in [5, 5.41) is 3.12. The van der Waals surface area contributed by atoms with Crippen LogP contribution in [0.25, 0.3) is 0 Å². The van der Waals surface area contributed by atoms with Crippen molar-refractivity contribution in [1.82, 2.24) is 5.32 Å². The third kappa shape index (κ3) is 3.72. The van der Waals surface area contributed by atoms with Crippen molar-refractivity contribution in [3.63, 3.8) is 0 Å². The van der Waals surface area contributed by atoms with Crippen LogP contribution in [0.5, 0.6) is 0 Å². The van der Waals surface area contributed by atoms with E-state index in [4.69, 9.17) is 4.74 Å². The zero-order valence-corrected chi connectivity index (χ0v) is 8.44.